The Labute approximate surface area is 114 Å². The van der Waals surface area contributed by atoms with Gasteiger partial charge in [0.2, 0.25) is 10.0 Å². The van der Waals surface area contributed by atoms with Gasteiger partial charge in [-0.2, -0.15) is 0 Å². The Kier molecular flexibility index (Phi) is 4.67. The van der Waals surface area contributed by atoms with Crippen LogP contribution in [-0.2, 0) is 10.0 Å². The van der Waals surface area contributed by atoms with Crippen LogP contribution in [-0.4, -0.2) is 37.0 Å². The van der Waals surface area contributed by atoms with Gasteiger partial charge in [0.15, 0.2) is 0 Å². The van der Waals surface area contributed by atoms with Gasteiger partial charge in [-0.15, -0.1) is 0 Å². The fourth-order valence-electron chi connectivity index (χ4n) is 3.06. The second-order valence-corrected chi connectivity index (χ2v) is 7.56. The van der Waals surface area contributed by atoms with Gasteiger partial charge in [0.25, 0.3) is 0 Å². The SMILES string of the molecule is O=C(O)NC1CCC(NS(=O)(=O)C2CCCC2)CC1. The zero-order valence-corrected chi connectivity index (χ0v) is 11.8. The maximum absolute atomic E-state index is 12.1. The number of hydrogen-bond acceptors (Lipinski definition) is 3. The van der Waals surface area contributed by atoms with Gasteiger partial charge in [-0.05, 0) is 38.5 Å². The number of hydrogen-bond donors (Lipinski definition) is 3. The van der Waals surface area contributed by atoms with Crippen molar-refractivity contribution in [3.63, 3.8) is 0 Å². The van der Waals surface area contributed by atoms with E-state index in [1.807, 2.05) is 0 Å². The second kappa shape index (κ2) is 6.09. The van der Waals surface area contributed by atoms with E-state index in [0.717, 1.165) is 25.7 Å². The molecule has 0 unspecified atom stereocenters. The summed E-state index contributed by atoms with van der Waals surface area (Å²) in [4.78, 5) is 10.5. The molecule has 0 heterocycles. The summed E-state index contributed by atoms with van der Waals surface area (Å²) >= 11 is 0. The van der Waals surface area contributed by atoms with E-state index in [1.165, 1.54) is 0 Å². The van der Waals surface area contributed by atoms with Crippen molar-refractivity contribution in [3.8, 4) is 0 Å². The molecule has 0 bridgehead atoms. The summed E-state index contributed by atoms with van der Waals surface area (Å²) in [6, 6.07) is -0.0674. The predicted octanol–water partition coefficient (Wildman–Crippen LogP) is 1.43. The van der Waals surface area contributed by atoms with Crippen molar-refractivity contribution in [2.45, 2.75) is 68.7 Å². The summed E-state index contributed by atoms with van der Waals surface area (Å²) in [6.45, 7) is 0. The molecule has 0 radical (unpaired) electrons. The van der Waals surface area contributed by atoms with Crippen molar-refractivity contribution in [2.75, 3.05) is 0 Å². The molecule has 7 heteroatoms. The average molecular weight is 290 g/mol. The summed E-state index contributed by atoms with van der Waals surface area (Å²) in [5.74, 6) is 0. The molecule has 0 aliphatic heterocycles. The van der Waals surface area contributed by atoms with Crippen molar-refractivity contribution in [1.82, 2.24) is 10.0 Å². The minimum Gasteiger partial charge on any atom is -0.465 e. The Balaban J connectivity index is 1.80. The minimum atomic E-state index is -3.19. The van der Waals surface area contributed by atoms with Crippen LogP contribution >= 0.6 is 0 Å². The first kappa shape index (κ1) is 14.6. The van der Waals surface area contributed by atoms with Crippen LogP contribution in [0.25, 0.3) is 0 Å². The number of amides is 1. The fourth-order valence-corrected chi connectivity index (χ4v) is 4.90. The van der Waals surface area contributed by atoms with Gasteiger partial charge >= 0.3 is 6.09 Å². The lowest BCUT2D eigenvalue weighted by molar-refractivity contribution is 0.184. The van der Waals surface area contributed by atoms with Gasteiger partial charge < -0.3 is 10.4 Å². The molecular weight excluding hydrogens is 268 g/mol. The first-order chi connectivity index (χ1) is 8.97. The van der Waals surface area contributed by atoms with Gasteiger partial charge in [0.05, 0.1) is 5.25 Å². The quantitative estimate of drug-likeness (QED) is 0.730. The molecule has 2 fully saturated rings. The Morgan fingerprint density at radius 3 is 2.00 bits per heavy atom. The van der Waals surface area contributed by atoms with Crippen LogP contribution in [0.2, 0.25) is 0 Å². The Morgan fingerprint density at radius 1 is 0.947 bits per heavy atom. The summed E-state index contributed by atoms with van der Waals surface area (Å²) in [7, 11) is -3.19. The smallest absolute Gasteiger partial charge is 0.404 e. The molecule has 110 valence electrons. The van der Waals surface area contributed by atoms with Gasteiger partial charge in [-0.25, -0.2) is 17.9 Å². The monoisotopic (exact) mass is 290 g/mol. The van der Waals surface area contributed by atoms with E-state index in [0.29, 0.717) is 25.7 Å². The molecule has 2 saturated carbocycles. The predicted molar refractivity (Wildman–Crippen MR) is 71.5 cm³/mol. The molecule has 0 saturated heterocycles. The molecule has 0 aromatic rings. The molecule has 0 aromatic carbocycles. The third-order valence-corrected chi connectivity index (χ3v) is 6.14. The van der Waals surface area contributed by atoms with Crippen LogP contribution in [0.3, 0.4) is 0 Å². The van der Waals surface area contributed by atoms with Crippen molar-refractivity contribution >= 4 is 16.1 Å². The highest BCUT2D eigenvalue weighted by Gasteiger charge is 2.32. The van der Waals surface area contributed by atoms with Crippen LogP contribution in [0.1, 0.15) is 51.4 Å². The highest BCUT2D eigenvalue weighted by atomic mass is 32.2. The van der Waals surface area contributed by atoms with Crippen LogP contribution in [0, 0.1) is 0 Å². The van der Waals surface area contributed by atoms with Crippen LogP contribution in [0.5, 0.6) is 0 Å². The van der Waals surface area contributed by atoms with E-state index in [2.05, 4.69) is 10.0 Å². The zero-order valence-electron chi connectivity index (χ0n) is 11.0. The van der Waals surface area contributed by atoms with E-state index in [1.54, 1.807) is 0 Å². The molecular formula is C12H22N2O4S. The standard InChI is InChI=1S/C12H22N2O4S/c15-12(16)13-9-5-7-10(8-6-9)14-19(17,18)11-3-1-2-4-11/h9-11,13-14H,1-8H2,(H,15,16). The Bertz CT molecular complexity index is 409. The molecule has 2 rings (SSSR count). The van der Waals surface area contributed by atoms with E-state index >= 15 is 0 Å². The van der Waals surface area contributed by atoms with Crippen molar-refractivity contribution in [1.29, 1.82) is 0 Å². The number of carbonyl (C=O) groups is 1. The minimum absolute atomic E-state index is 0.0301. The van der Waals surface area contributed by atoms with Gasteiger partial charge in [0.1, 0.15) is 0 Å². The normalized spacial score (nSPS) is 29.3. The van der Waals surface area contributed by atoms with Crippen molar-refractivity contribution in [2.24, 2.45) is 0 Å². The topological polar surface area (TPSA) is 95.5 Å². The van der Waals surface area contributed by atoms with Crippen LogP contribution in [0.4, 0.5) is 4.79 Å². The van der Waals surface area contributed by atoms with Gasteiger partial charge in [0, 0.05) is 12.1 Å². The van der Waals surface area contributed by atoms with Gasteiger partial charge in [-0.1, -0.05) is 12.8 Å². The molecule has 0 atom stereocenters. The molecule has 2 aliphatic carbocycles. The fraction of sp³-hybridized carbons (Fsp3) is 0.917. The number of carboxylic acid groups (broad SMARTS) is 1. The van der Waals surface area contributed by atoms with Gasteiger partial charge in [-0.3, -0.25) is 0 Å². The lowest BCUT2D eigenvalue weighted by Crippen LogP contribution is -2.45. The summed E-state index contributed by atoms with van der Waals surface area (Å²) in [5, 5.41) is 10.9. The van der Waals surface area contributed by atoms with Crippen LogP contribution in [0.15, 0.2) is 0 Å². The zero-order chi connectivity index (χ0) is 13.9. The van der Waals surface area contributed by atoms with E-state index in [9.17, 15) is 13.2 Å². The lowest BCUT2D eigenvalue weighted by Gasteiger charge is -2.29. The number of rotatable bonds is 4. The molecule has 3 N–H and O–H groups in total. The summed E-state index contributed by atoms with van der Waals surface area (Å²) in [5.41, 5.74) is 0. The number of sulfonamides is 1. The maximum Gasteiger partial charge on any atom is 0.404 e. The summed E-state index contributed by atoms with van der Waals surface area (Å²) in [6.07, 6.45) is 5.34. The molecule has 0 aromatic heterocycles. The molecule has 6 nitrogen and oxygen atoms in total. The first-order valence-corrected chi connectivity index (χ1v) is 8.52. The Hall–Kier alpha value is -0.820. The molecule has 19 heavy (non-hydrogen) atoms. The average Bonchev–Trinajstić information content (AvgIpc) is 2.85. The molecule has 2 aliphatic rings. The Morgan fingerprint density at radius 2 is 1.47 bits per heavy atom. The molecule has 0 spiro atoms. The van der Waals surface area contributed by atoms with Crippen LogP contribution < -0.4 is 10.0 Å². The third kappa shape index (κ3) is 4.07. The highest BCUT2D eigenvalue weighted by molar-refractivity contribution is 7.90. The van der Waals surface area contributed by atoms with E-state index in [-0.39, 0.29) is 17.3 Å². The third-order valence-electron chi connectivity index (χ3n) is 4.13. The van der Waals surface area contributed by atoms with E-state index in [4.69, 9.17) is 5.11 Å². The highest BCUT2D eigenvalue weighted by Crippen LogP contribution is 2.26. The van der Waals surface area contributed by atoms with E-state index < -0.39 is 16.1 Å². The largest absolute Gasteiger partial charge is 0.465 e. The van der Waals surface area contributed by atoms with Crippen molar-refractivity contribution in [3.05, 3.63) is 0 Å². The lowest BCUT2D eigenvalue weighted by atomic mass is 9.92. The maximum atomic E-state index is 12.1. The number of nitrogens with one attached hydrogen (secondary N) is 2. The summed E-state index contributed by atoms with van der Waals surface area (Å²) < 4.78 is 27.1. The second-order valence-electron chi connectivity index (χ2n) is 5.57. The first-order valence-electron chi connectivity index (χ1n) is 6.98. The van der Waals surface area contributed by atoms with Crippen molar-refractivity contribution < 1.29 is 18.3 Å². The molecule has 1 amide bonds.